The van der Waals surface area contributed by atoms with Gasteiger partial charge in [0.15, 0.2) is 5.82 Å². The summed E-state index contributed by atoms with van der Waals surface area (Å²) in [6, 6.07) is 1.63. The summed E-state index contributed by atoms with van der Waals surface area (Å²) in [5.74, 6) is 0.334. The summed E-state index contributed by atoms with van der Waals surface area (Å²) in [6.45, 7) is 7.22. The number of aryl methyl sites for hydroxylation is 1. The van der Waals surface area contributed by atoms with Crippen LogP contribution in [0.25, 0.3) is 0 Å². The van der Waals surface area contributed by atoms with Gasteiger partial charge in [-0.3, -0.25) is 0 Å². The molecule has 0 saturated heterocycles. The molecule has 0 aromatic carbocycles. The summed E-state index contributed by atoms with van der Waals surface area (Å²) in [7, 11) is 0. The molecule has 0 aliphatic heterocycles. The zero-order chi connectivity index (χ0) is 14.6. The van der Waals surface area contributed by atoms with Crippen molar-refractivity contribution in [3.8, 4) is 5.88 Å². The van der Waals surface area contributed by atoms with Crippen molar-refractivity contribution in [1.29, 1.82) is 0 Å². The van der Waals surface area contributed by atoms with Crippen LogP contribution < -0.4 is 4.74 Å². The molecule has 1 heterocycles. The minimum absolute atomic E-state index is 0.0647. The molecule has 4 nitrogen and oxygen atoms in total. The van der Waals surface area contributed by atoms with E-state index in [2.05, 4.69) is 9.97 Å². The van der Waals surface area contributed by atoms with Crippen LogP contribution in [-0.2, 0) is 3.79 Å². The third kappa shape index (κ3) is 4.91. The van der Waals surface area contributed by atoms with E-state index in [1.165, 1.54) is 0 Å². The van der Waals surface area contributed by atoms with Crippen molar-refractivity contribution in [1.82, 2.24) is 14.9 Å². The van der Waals surface area contributed by atoms with Gasteiger partial charge in [0, 0.05) is 24.8 Å². The van der Waals surface area contributed by atoms with Gasteiger partial charge in [0.05, 0.1) is 0 Å². The molecule has 0 saturated carbocycles. The van der Waals surface area contributed by atoms with Crippen molar-refractivity contribution in [3.63, 3.8) is 0 Å². The third-order valence-corrected chi connectivity index (χ3v) is 3.15. The number of rotatable bonds is 3. The average Bonchev–Trinajstić information content (AvgIpc) is 2.28. The smallest absolute Gasteiger partial charge is 0.266 e. The minimum Gasteiger partial charge on any atom is -0.413 e. The fourth-order valence-corrected chi connectivity index (χ4v) is 1.95. The summed E-state index contributed by atoms with van der Waals surface area (Å²) in [4.78, 5) is 9.98. The van der Waals surface area contributed by atoms with Gasteiger partial charge < -0.3 is 9.64 Å². The van der Waals surface area contributed by atoms with Crippen LogP contribution in [0.5, 0.6) is 5.88 Å². The maximum absolute atomic E-state index is 5.76. The maximum Gasteiger partial charge on any atom is 0.266 e. The SMILES string of the molecule is CCN(CC)C(=S)Oc1cc(C)nc(C(Cl)(Cl)Cl)n1. The monoisotopic (exact) mass is 341 g/mol. The Labute approximate surface area is 133 Å². The van der Waals surface area contributed by atoms with Gasteiger partial charge in [-0.15, -0.1) is 0 Å². The van der Waals surface area contributed by atoms with E-state index >= 15 is 0 Å². The zero-order valence-electron chi connectivity index (χ0n) is 10.8. The standard InChI is InChI=1S/C11H14Cl3N3OS/c1-4-17(5-2)10(19)18-8-6-7(3)15-9(16-8)11(12,13)14/h6H,4-5H2,1-3H3. The number of thiocarbonyl (C=S) groups is 1. The van der Waals surface area contributed by atoms with Crippen molar-refractivity contribution >= 4 is 52.2 Å². The van der Waals surface area contributed by atoms with E-state index in [0.29, 0.717) is 10.9 Å². The normalized spacial score (nSPS) is 11.3. The highest BCUT2D eigenvalue weighted by atomic mass is 35.6. The summed E-state index contributed by atoms with van der Waals surface area (Å²) >= 11 is 22.5. The molecule has 8 heteroatoms. The van der Waals surface area contributed by atoms with Gasteiger partial charge in [0.2, 0.25) is 9.67 Å². The van der Waals surface area contributed by atoms with Crippen molar-refractivity contribution in [3.05, 3.63) is 17.6 Å². The van der Waals surface area contributed by atoms with E-state index < -0.39 is 3.79 Å². The molecular weight excluding hydrogens is 329 g/mol. The third-order valence-electron chi connectivity index (χ3n) is 2.30. The van der Waals surface area contributed by atoms with E-state index in [0.717, 1.165) is 13.1 Å². The highest BCUT2D eigenvalue weighted by Gasteiger charge is 2.28. The van der Waals surface area contributed by atoms with Gasteiger partial charge in [-0.1, -0.05) is 34.8 Å². The second kappa shape index (κ2) is 6.88. The Morgan fingerprint density at radius 3 is 2.37 bits per heavy atom. The summed E-state index contributed by atoms with van der Waals surface area (Å²) in [6.07, 6.45) is 0. The van der Waals surface area contributed by atoms with Gasteiger partial charge in [-0.25, -0.2) is 4.98 Å². The predicted molar refractivity (Wildman–Crippen MR) is 82.2 cm³/mol. The molecule has 106 valence electrons. The van der Waals surface area contributed by atoms with Gasteiger partial charge in [-0.05, 0) is 33.0 Å². The lowest BCUT2D eigenvalue weighted by Crippen LogP contribution is -2.33. The molecule has 1 rings (SSSR count). The van der Waals surface area contributed by atoms with E-state index in [1.807, 2.05) is 18.7 Å². The van der Waals surface area contributed by atoms with Crippen LogP contribution in [0.3, 0.4) is 0 Å². The van der Waals surface area contributed by atoms with Gasteiger partial charge in [0.1, 0.15) is 0 Å². The van der Waals surface area contributed by atoms with Crippen LogP contribution >= 0.6 is 47.0 Å². The molecule has 0 spiro atoms. The van der Waals surface area contributed by atoms with Crippen LogP contribution in [-0.4, -0.2) is 33.1 Å². The largest absolute Gasteiger partial charge is 0.413 e. The number of hydrogen-bond acceptors (Lipinski definition) is 4. The molecule has 0 atom stereocenters. The fraction of sp³-hybridized carbons (Fsp3) is 0.545. The summed E-state index contributed by atoms with van der Waals surface area (Å²) in [5, 5.41) is 0.332. The molecule has 0 bridgehead atoms. The molecule has 0 aliphatic carbocycles. The lowest BCUT2D eigenvalue weighted by Gasteiger charge is -2.21. The first-order chi connectivity index (χ1) is 8.77. The highest BCUT2D eigenvalue weighted by Crippen LogP contribution is 2.36. The number of alkyl halides is 3. The molecule has 0 N–H and O–H groups in total. The van der Waals surface area contributed by atoms with Gasteiger partial charge in [-0.2, -0.15) is 4.98 Å². The highest BCUT2D eigenvalue weighted by molar-refractivity contribution is 7.80. The number of hydrogen-bond donors (Lipinski definition) is 0. The molecule has 0 fully saturated rings. The second-order valence-corrected chi connectivity index (χ2v) is 6.34. The molecule has 0 aliphatic rings. The van der Waals surface area contributed by atoms with Crippen molar-refractivity contribution < 1.29 is 4.74 Å². The molecule has 1 aromatic rings. The van der Waals surface area contributed by atoms with Gasteiger partial charge in [0.25, 0.3) is 5.17 Å². The Hall–Kier alpha value is -0.360. The van der Waals surface area contributed by atoms with Crippen molar-refractivity contribution in [2.24, 2.45) is 0 Å². The van der Waals surface area contributed by atoms with Crippen LogP contribution in [0.4, 0.5) is 0 Å². The zero-order valence-corrected chi connectivity index (χ0v) is 13.9. The Morgan fingerprint density at radius 2 is 1.89 bits per heavy atom. The molecule has 0 unspecified atom stereocenters. The number of ether oxygens (including phenoxy) is 1. The Bertz CT molecular complexity index is 461. The van der Waals surface area contributed by atoms with Crippen LogP contribution in [0, 0.1) is 6.92 Å². The minimum atomic E-state index is -1.69. The van der Waals surface area contributed by atoms with Crippen molar-refractivity contribution in [2.45, 2.75) is 24.6 Å². The quantitative estimate of drug-likeness (QED) is 0.619. The van der Waals surface area contributed by atoms with E-state index in [1.54, 1.807) is 13.0 Å². The number of halogens is 3. The fourth-order valence-electron chi connectivity index (χ4n) is 1.35. The Morgan fingerprint density at radius 1 is 1.32 bits per heavy atom. The predicted octanol–water partition coefficient (Wildman–Crippen LogP) is 3.62. The number of nitrogens with zero attached hydrogens (tertiary/aromatic N) is 3. The van der Waals surface area contributed by atoms with E-state index in [4.69, 9.17) is 51.8 Å². The first-order valence-electron chi connectivity index (χ1n) is 5.67. The first kappa shape index (κ1) is 16.7. The average molecular weight is 343 g/mol. The van der Waals surface area contributed by atoms with Crippen LogP contribution in [0.2, 0.25) is 0 Å². The molecule has 19 heavy (non-hydrogen) atoms. The van der Waals surface area contributed by atoms with E-state index in [-0.39, 0.29) is 11.7 Å². The van der Waals surface area contributed by atoms with Crippen LogP contribution in [0.15, 0.2) is 6.07 Å². The lowest BCUT2D eigenvalue weighted by atomic mass is 10.4. The molecule has 1 aromatic heterocycles. The number of aromatic nitrogens is 2. The van der Waals surface area contributed by atoms with E-state index in [9.17, 15) is 0 Å². The topological polar surface area (TPSA) is 38.2 Å². The molecular formula is C11H14Cl3N3OS. The first-order valence-corrected chi connectivity index (χ1v) is 7.21. The summed E-state index contributed by atoms with van der Waals surface area (Å²) in [5.41, 5.74) is 0.633. The molecule has 0 radical (unpaired) electrons. The maximum atomic E-state index is 5.76. The van der Waals surface area contributed by atoms with Crippen molar-refractivity contribution in [2.75, 3.05) is 13.1 Å². The molecule has 0 amide bonds. The van der Waals surface area contributed by atoms with Crippen LogP contribution in [0.1, 0.15) is 25.4 Å². The lowest BCUT2D eigenvalue weighted by molar-refractivity contribution is 0.371. The van der Waals surface area contributed by atoms with Gasteiger partial charge >= 0.3 is 0 Å². The second-order valence-electron chi connectivity index (χ2n) is 3.71. The Kier molecular flexibility index (Phi) is 6.05. The Balaban J connectivity index is 2.96. The summed E-state index contributed by atoms with van der Waals surface area (Å²) < 4.78 is 3.81.